The van der Waals surface area contributed by atoms with E-state index >= 15 is 0 Å². The highest BCUT2D eigenvalue weighted by Crippen LogP contribution is 2.68. The zero-order valence-electron chi connectivity index (χ0n) is 20.7. The average Bonchev–Trinajstić information content (AvgIpc) is 3.64. The highest BCUT2D eigenvalue weighted by molar-refractivity contribution is 8.00. The van der Waals surface area contributed by atoms with Gasteiger partial charge >= 0.3 is 4.87 Å². The van der Waals surface area contributed by atoms with Gasteiger partial charge in [0.15, 0.2) is 0 Å². The Hall–Kier alpha value is -3.44. The van der Waals surface area contributed by atoms with Gasteiger partial charge in [0.05, 0.1) is 16.9 Å². The van der Waals surface area contributed by atoms with Crippen molar-refractivity contribution in [1.82, 2.24) is 9.88 Å². The maximum Gasteiger partial charge on any atom is 0.305 e. The number of hydrogen-bond acceptors (Lipinski definition) is 7. The summed E-state index contributed by atoms with van der Waals surface area (Å²) in [7, 11) is 0. The standard InChI is InChI=1S/C28H24FN3O5S2/c1-11(24(34)30-14-6-4-13(29)5-7-14)32-26(35)20-16-10-17(21(20)27(32)36)22-19(16)18(12-2-8-15(33)9-3-12)23-25(38-22)31-28(37)39-23/h2-9,11,16-22,33H,10H2,1H3,(H,30,34)(H,31,37). The number of anilines is 1. The number of nitrogens with one attached hydrogen (secondary N) is 2. The van der Waals surface area contributed by atoms with Crippen LogP contribution in [0.15, 0.2) is 58.4 Å². The first-order chi connectivity index (χ1) is 18.7. The van der Waals surface area contributed by atoms with Crippen LogP contribution in [0.1, 0.15) is 29.7 Å². The van der Waals surface area contributed by atoms with Crippen molar-refractivity contribution in [3.05, 3.63) is 74.5 Å². The fourth-order valence-electron chi connectivity index (χ4n) is 7.37. The predicted molar refractivity (Wildman–Crippen MR) is 143 cm³/mol. The summed E-state index contributed by atoms with van der Waals surface area (Å²) < 4.78 is 13.3. The maximum atomic E-state index is 13.8. The number of fused-ring (bicyclic) bond motifs is 9. The molecule has 0 radical (unpaired) electrons. The van der Waals surface area contributed by atoms with Gasteiger partial charge in [-0.25, -0.2) is 4.39 Å². The van der Waals surface area contributed by atoms with E-state index in [4.69, 9.17) is 0 Å². The van der Waals surface area contributed by atoms with E-state index in [1.165, 1.54) is 35.6 Å². The van der Waals surface area contributed by atoms with Crippen molar-refractivity contribution in [1.29, 1.82) is 0 Å². The Morgan fingerprint density at radius 1 is 1.05 bits per heavy atom. The number of H-pyrrole nitrogens is 1. The third-order valence-corrected chi connectivity index (χ3v) is 11.5. The molecular formula is C28H24FN3O5S2. The Balaban J connectivity index is 1.21. The molecule has 200 valence electrons. The lowest BCUT2D eigenvalue weighted by molar-refractivity contribution is -0.146. The molecule has 8 nitrogen and oxygen atoms in total. The summed E-state index contributed by atoms with van der Waals surface area (Å²) in [6.45, 7) is 1.54. The smallest absolute Gasteiger partial charge is 0.305 e. The second kappa shape index (κ2) is 8.79. The number of amides is 3. The Kier molecular flexibility index (Phi) is 5.54. The van der Waals surface area contributed by atoms with Crippen LogP contribution < -0.4 is 10.2 Å². The maximum absolute atomic E-state index is 13.8. The number of nitrogens with zero attached hydrogens (tertiary/aromatic N) is 1. The summed E-state index contributed by atoms with van der Waals surface area (Å²) in [6.07, 6.45) is 0.743. The monoisotopic (exact) mass is 565 g/mol. The van der Waals surface area contributed by atoms with Crippen LogP contribution in [0.2, 0.25) is 0 Å². The number of phenols is 1. The summed E-state index contributed by atoms with van der Waals surface area (Å²) in [4.78, 5) is 57.8. The van der Waals surface area contributed by atoms with Gasteiger partial charge < -0.3 is 15.4 Å². The van der Waals surface area contributed by atoms with Crippen molar-refractivity contribution in [2.24, 2.45) is 29.6 Å². The van der Waals surface area contributed by atoms with Gasteiger partial charge in [0.25, 0.3) is 0 Å². The zero-order chi connectivity index (χ0) is 27.2. The van der Waals surface area contributed by atoms with Crippen LogP contribution in [0, 0.1) is 35.4 Å². The summed E-state index contributed by atoms with van der Waals surface area (Å²) in [5, 5.41) is 13.4. The Labute approximate surface area is 230 Å². The second-order valence-electron chi connectivity index (χ2n) is 10.8. The molecule has 4 aliphatic rings. The molecule has 3 aromatic rings. The first-order valence-corrected chi connectivity index (χ1v) is 14.5. The highest BCUT2D eigenvalue weighted by Gasteiger charge is 2.70. The van der Waals surface area contributed by atoms with Gasteiger partial charge in [-0.05, 0) is 73.1 Å². The van der Waals surface area contributed by atoms with Crippen LogP contribution in [0.4, 0.5) is 10.1 Å². The molecule has 2 aliphatic heterocycles. The molecule has 2 saturated carbocycles. The lowest BCUT2D eigenvalue weighted by atomic mass is 9.68. The van der Waals surface area contributed by atoms with Crippen LogP contribution >= 0.6 is 23.1 Å². The zero-order valence-corrected chi connectivity index (χ0v) is 22.3. The number of thioether (sulfide) groups is 1. The molecule has 39 heavy (non-hydrogen) atoms. The Bertz CT molecular complexity index is 1570. The van der Waals surface area contributed by atoms with Crippen molar-refractivity contribution in [2.45, 2.75) is 35.6 Å². The molecule has 3 N–H and O–H groups in total. The highest BCUT2D eigenvalue weighted by atomic mass is 32.2. The van der Waals surface area contributed by atoms with Crippen molar-refractivity contribution in [3.63, 3.8) is 0 Å². The van der Waals surface area contributed by atoms with Gasteiger partial charge in [0, 0.05) is 21.7 Å². The number of rotatable bonds is 4. The topological polar surface area (TPSA) is 120 Å². The third kappa shape index (κ3) is 3.62. The van der Waals surface area contributed by atoms with Crippen molar-refractivity contribution < 1.29 is 23.9 Å². The van der Waals surface area contributed by atoms with Crippen LogP contribution in [-0.4, -0.2) is 44.0 Å². The van der Waals surface area contributed by atoms with E-state index in [-0.39, 0.29) is 51.4 Å². The average molecular weight is 566 g/mol. The lowest BCUT2D eigenvalue weighted by Crippen LogP contribution is -2.46. The number of benzene rings is 2. The number of carbonyl (C=O) groups excluding carboxylic acids is 3. The third-order valence-electron chi connectivity index (χ3n) is 8.89. The fourth-order valence-corrected chi connectivity index (χ4v) is 10.3. The minimum absolute atomic E-state index is 0.0322. The van der Waals surface area contributed by atoms with Gasteiger partial charge in [0.2, 0.25) is 17.7 Å². The lowest BCUT2D eigenvalue weighted by Gasteiger charge is -2.43. The molecule has 8 unspecified atom stereocenters. The molecule has 1 aromatic heterocycles. The van der Waals surface area contributed by atoms with E-state index in [0.717, 1.165) is 26.8 Å². The van der Waals surface area contributed by atoms with Gasteiger partial charge in [-0.3, -0.25) is 24.1 Å². The Morgan fingerprint density at radius 3 is 2.41 bits per heavy atom. The van der Waals surface area contributed by atoms with E-state index in [9.17, 15) is 28.7 Å². The number of thiazole rings is 1. The molecule has 8 atom stereocenters. The molecule has 3 fully saturated rings. The van der Waals surface area contributed by atoms with Gasteiger partial charge in [-0.1, -0.05) is 23.5 Å². The SMILES string of the molecule is CC(C(=O)Nc1ccc(F)cc1)N1C(=O)C2C3CC(C2C1=O)C1C(c2ccc(O)cc2)c2sc(=O)[nH]c2SC31. The summed E-state index contributed by atoms with van der Waals surface area (Å²) in [5.74, 6) is -2.67. The molecule has 3 amide bonds. The number of phenolic OH excluding ortho intramolecular Hbond substituents is 1. The molecule has 11 heteroatoms. The number of hydrogen-bond donors (Lipinski definition) is 3. The van der Waals surface area contributed by atoms with Gasteiger partial charge in [0.1, 0.15) is 17.6 Å². The van der Waals surface area contributed by atoms with E-state index in [2.05, 4.69) is 10.3 Å². The van der Waals surface area contributed by atoms with Crippen LogP contribution in [0.25, 0.3) is 0 Å². The van der Waals surface area contributed by atoms with Crippen molar-refractivity contribution in [2.75, 3.05) is 5.32 Å². The largest absolute Gasteiger partial charge is 0.508 e. The first-order valence-electron chi connectivity index (χ1n) is 12.8. The molecule has 2 bridgehead atoms. The van der Waals surface area contributed by atoms with E-state index in [1.54, 1.807) is 30.8 Å². The molecular weight excluding hydrogens is 541 g/mol. The van der Waals surface area contributed by atoms with Crippen LogP contribution in [0.5, 0.6) is 5.75 Å². The second-order valence-corrected chi connectivity index (χ2v) is 13.0. The number of aromatic amines is 1. The van der Waals surface area contributed by atoms with E-state index in [1.807, 2.05) is 12.1 Å². The Morgan fingerprint density at radius 2 is 1.72 bits per heavy atom. The first kappa shape index (κ1) is 24.6. The van der Waals surface area contributed by atoms with Crippen molar-refractivity contribution in [3.8, 4) is 5.75 Å². The number of carbonyl (C=O) groups is 3. The molecule has 3 heterocycles. The van der Waals surface area contributed by atoms with Crippen molar-refractivity contribution >= 4 is 46.5 Å². The molecule has 2 aliphatic carbocycles. The minimum atomic E-state index is -1.01. The molecule has 2 aromatic carbocycles. The van der Waals surface area contributed by atoms with Crippen LogP contribution in [0.3, 0.4) is 0 Å². The quantitative estimate of drug-likeness (QED) is 0.415. The predicted octanol–water partition coefficient (Wildman–Crippen LogP) is 3.78. The molecule has 0 spiro atoms. The van der Waals surface area contributed by atoms with E-state index < -0.39 is 29.6 Å². The summed E-state index contributed by atoms with van der Waals surface area (Å²) in [6, 6.07) is 11.3. The number of aromatic nitrogens is 1. The van der Waals surface area contributed by atoms with Gasteiger partial charge in [-0.15, -0.1) is 11.8 Å². The number of imide groups is 1. The minimum Gasteiger partial charge on any atom is -0.508 e. The number of likely N-dealkylation sites (tertiary alicyclic amines) is 1. The summed E-state index contributed by atoms with van der Waals surface area (Å²) >= 11 is 2.78. The van der Waals surface area contributed by atoms with Gasteiger partial charge in [-0.2, -0.15) is 0 Å². The molecule has 1 saturated heterocycles. The number of aromatic hydroxyl groups is 1. The van der Waals surface area contributed by atoms with Crippen LogP contribution in [-0.2, 0) is 14.4 Å². The fraction of sp³-hybridized carbons (Fsp3) is 0.357. The normalized spacial score (nSPS) is 31.1. The molecule has 7 rings (SSSR count). The number of halogens is 1. The summed E-state index contributed by atoms with van der Waals surface area (Å²) in [5.41, 5.74) is 1.34. The van der Waals surface area contributed by atoms with E-state index in [0.29, 0.717) is 5.69 Å².